The van der Waals surface area contributed by atoms with E-state index in [0.29, 0.717) is 22.1 Å². The molecular formula is C26H31N3O4S. The van der Waals surface area contributed by atoms with Gasteiger partial charge in [-0.1, -0.05) is 31.1 Å². The number of nitrogens with one attached hydrogen (secondary N) is 2. The van der Waals surface area contributed by atoms with Crippen molar-refractivity contribution >= 4 is 38.2 Å². The van der Waals surface area contributed by atoms with Crippen LogP contribution < -0.4 is 5.32 Å². The highest BCUT2D eigenvalue weighted by molar-refractivity contribution is 7.90. The van der Waals surface area contributed by atoms with Gasteiger partial charge in [-0.2, -0.15) is 0 Å². The van der Waals surface area contributed by atoms with E-state index in [4.69, 9.17) is 4.74 Å². The van der Waals surface area contributed by atoms with E-state index in [1.54, 1.807) is 18.3 Å². The number of hydrogen-bond acceptors (Lipinski definition) is 5. The molecule has 2 N–H and O–H groups in total. The average molecular weight is 482 g/mol. The maximum Gasteiger partial charge on any atom is 0.412 e. The Bertz CT molecular complexity index is 1330. The summed E-state index contributed by atoms with van der Waals surface area (Å²) >= 11 is 0. The zero-order valence-electron chi connectivity index (χ0n) is 20.0. The van der Waals surface area contributed by atoms with Crippen molar-refractivity contribution < 1.29 is 17.9 Å². The van der Waals surface area contributed by atoms with Crippen molar-refractivity contribution in [3.63, 3.8) is 0 Å². The van der Waals surface area contributed by atoms with Crippen molar-refractivity contribution in [1.29, 1.82) is 0 Å². The number of carbonyl (C=O) groups excluding carboxylic acids is 1. The normalized spacial score (nSPS) is 15.6. The summed E-state index contributed by atoms with van der Waals surface area (Å²) < 4.78 is 29.1. The second kappa shape index (κ2) is 9.25. The Morgan fingerprint density at radius 3 is 2.44 bits per heavy atom. The molecule has 34 heavy (non-hydrogen) atoms. The molecule has 7 nitrogen and oxygen atoms in total. The summed E-state index contributed by atoms with van der Waals surface area (Å²) in [6.07, 6.45) is 9.29. The van der Waals surface area contributed by atoms with E-state index in [-0.39, 0.29) is 0 Å². The van der Waals surface area contributed by atoms with Gasteiger partial charge in [0.2, 0.25) is 0 Å². The summed E-state index contributed by atoms with van der Waals surface area (Å²) in [5.74, 6) is 0.480. The van der Waals surface area contributed by atoms with Gasteiger partial charge >= 0.3 is 6.09 Å². The molecule has 1 aliphatic rings. The first kappa shape index (κ1) is 24.0. The molecule has 1 saturated carbocycles. The Hall–Kier alpha value is -3.13. The van der Waals surface area contributed by atoms with Crippen molar-refractivity contribution in [3.05, 3.63) is 59.9 Å². The van der Waals surface area contributed by atoms with Gasteiger partial charge in [0.25, 0.3) is 0 Å². The lowest BCUT2D eigenvalue weighted by atomic mass is 9.96. The molecule has 0 radical (unpaired) electrons. The lowest BCUT2D eigenvalue weighted by Gasteiger charge is -2.19. The third-order valence-corrected chi connectivity index (χ3v) is 6.93. The molecule has 2 aromatic heterocycles. The summed E-state index contributed by atoms with van der Waals surface area (Å²) in [5, 5.41) is 3.59. The molecule has 0 spiro atoms. The number of amides is 1. The first-order valence-electron chi connectivity index (χ1n) is 11.5. The van der Waals surface area contributed by atoms with Gasteiger partial charge in [0.05, 0.1) is 16.8 Å². The standard InChI is InChI=1S/C26H31N3O4S/c1-26(2,3)33-25(30)28-20-14-19-15-23(29-24(19)27-16-20)22(13-17-7-5-6-8-17)18-9-11-21(12-10-18)34(4,31)32/h9-17H,5-8H2,1-4H3,(H,27,29)(H,28,30)/b22-13+. The van der Waals surface area contributed by atoms with Crippen molar-refractivity contribution in [2.45, 2.75) is 57.0 Å². The second-order valence-electron chi connectivity index (χ2n) is 9.89. The highest BCUT2D eigenvalue weighted by Crippen LogP contribution is 2.33. The molecular weight excluding hydrogens is 450 g/mol. The monoisotopic (exact) mass is 481 g/mol. The molecule has 0 bridgehead atoms. The van der Waals surface area contributed by atoms with Crippen LogP contribution in [0, 0.1) is 5.92 Å². The Morgan fingerprint density at radius 2 is 1.82 bits per heavy atom. The maximum absolute atomic E-state index is 12.1. The highest BCUT2D eigenvalue weighted by atomic mass is 32.2. The van der Waals surface area contributed by atoms with Gasteiger partial charge in [-0.3, -0.25) is 5.32 Å². The fraction of sp³-hybridized carbons (Fsp3) is 0.385. The molecule has 0 aliphatic heterocycles. The Balaban J connectivity index is 1.68. The first-order chi connectivity index (χ1) is 16.0. The SMILES string of the molecule is CC(C)(C)OC(=O)Nc1cnc2[nH]c(/C(=C/C3CCCC3)c3ccc(S(C)(=O)=O)cc3)cc2c1. The number of benzene rings is 1. The number of nitrogens with zero attached hydrogens (tertiary/aromatic N) is 1. The summed E-state index contributed by atoms with van der Waals surface area (Å²) in [6.45, 7) is 5.44. The van der Waals surface area contributed by atoms with Crippen LogP contribution in [0.5, 0.6) is 0 Å². The van der Waals surface area contributed by atoms with E-state index in [2.05, 4.69) is 21.4 Å². The van der Waals surface area contributed by atoms with Gasteiger partial charge in [0.15, 0.2) is 9.84 Å². The zero-order valence-corrected chi connectivity index (χ0v) is 20.8. The van der Waals surface area contributed by atoms with Gasteiger partial charge in [-0.25, -0.2) is 18.2 Å². The molecule has 4 rings (SSSR count). The third-order valence-electron chi connectivity index (χ3n) is 5.80. The summed E-state index contributed by atoms with van der Waals surface area (Å²) in [4.78, 5) is 20.3. The van der Waals surface area contributed by atoms with E-state index in [1.807, 2.05) is 45.0 Å². The topological polar surface area (TPSA) is 101 Å². The minimum Gasteiger partial charge on any atom is -0.444 e. The molecule has 0 saturated heterocycles. The smallest absolute Gasteiger partial charge is 0.412 e. The van der Waals surface area contributed by atoms with Crippen molar-refractivity contribution in [2.24, 2.45) is 5.92 Å². The predicted octanol–water partition coefficient (Wildman–Crippen LogP) is 5.94. The molecule has 1 amide bonds. The first-order valence-corrected chi connectivity index (χ1v) is 13.4. The Kier molecular flexibility index (Phi) is 6.53. The average Bonchev–Trinajstić information content (AvgIpc) is 3.39. The van der Waals surface area contributed by atoms with Crippen LogP contribution in [0.2, 0.25) is 0 Å². The van der Waals surface area contributed by atoms with Crippen LogP contribution in [-0.2, 0) is 14.6 Å². The minimum absolute atomic E-state index is 0.299. The summed E-state index contributed by atoms with van der Waals surface area (Å²) in [7, 11) is -3.26. The van der Waals surface area contributed by atoms with Crippen LogP contribution in [0.1, 0.15) is 57.7 Å². The summed E-state index contributed by atoms with van der Waals surface area (Å²) in [6, 6.07) is 10.9. The maximum atomic E-state index is 12.1. The van der Waals surface area contributed by atoms with E-state index in [9.17, 15) is 13.2 Å². The molecule has 1 fully saturated rings. The number of sulfone groups is 1. The molecule has 8 heteroatoms. The largest absolute Gasteiger partial charge is 0.444 e. The lowest BCUT2D eigenvalue weighted by molar-refractivity contribution is 0.0636. The van der Waals surface area contributed by atoms with Gasteiger partial charge in [-0.15, -0.1) is 0 Å². The number of aromatic nitrogens is 2. The van der Waals surface area contributed by atoms with E-state index in [1.165, 1.54) is 19.1 Å². The molecule has 1 aliphatic carbocycles. The molecule has 3 aromatic rings. The second-order valence-corrected chi connectivity index (χ2v) is 11.9. The Labute approximate surface area is 200 Å². The molecule has 1 aromatic carbocycles. The van der Waals surface area contributed by atoms with Crippen LogP contribution in [0.25, 0.3) is 16.6 Å². The van der Waals surface area contributed by atoms with Crippen LogP contribution in [0.3, 0.4) is 0 Å². The number of H-pyrrole nitrogens is 1. The van der Waals surface area contributed by atoms with E-state index >= 15 is 0 Å². The lowest BCUT2D eigenvalue weighted by Crippen LogP contribution is -2.27. The highest BCUT2D eigenvalue weighted by Gasteiger charge is 2.19. The number of allylic oxidation sites excluding steroid dienone is 1. The number of fused-ring (bicyclic) bond motifs is 1. The number of carbonyl (C=O) groups is 1. The minimum atomic E-state index is -3.26. The van der Waals surface area contributed by atoms with Crippen LogP contribution in [0.15, 0.2) is 53.6 Å². The molecule has 0 atom stereocenters. The van der Waals surface area contributed by atoms with Crippen LogP contribution in [-0.4, -0.2) is 36.3 Å². The van der Waals surface area contributed by atoms with Crippen molar-refractivity contribution in [1.82, 2.24) is 9.97 Å². The predicted molar refractivity (Wildman–Crippen MR) is 135 cm³/mol. The Morgan fingerprint density at radius 1 is 1.15 bits per heavy atom. The number of ether oxygens (including phenoxy) is 1. The third kappa shape index (κ3) is 5.86. The fourth-order valence-corrected chi connectivity index (χ4v) is 4.86. The molecule has 2 heterocycles. The van der Waals surface area contributed by atoms with E-state index in [0.717, 1.165) is 35.1 Å². The van der Waals surface area contributed by atoms with Gasteiger partial charge in [0.1, 0.15) is 11.2 Å². The van der Waals surface area contributed by atoms with Crippen molar-refractivity contribution in [2.75, 3.05) is 11.6 Å². The van der Waals surface area contributed by atoms with Crippen LogP contribution in [0.4, 0.5) is 10.5 Å². The number of rotatable bonds is 5. The van der Waals surface area contributed by atoms with Gasteiger partial charge in [-0.05, 0) is 69.4 Å². The van der Waals surface area contributed by atoms with Gasteiger partial charge in [0, 0.05) is 22.9 Å². The van der Waals surface area contributed by atoms with Gasteiger partial charge < -0.3 is 9.72 Å². The van der Waals surface area contributed by atoms with Crippen molar-refractivity contribution in [3.8, 4) is 0 Å². The number of pyridine rings is 1. The molecule has 0 unspecified atom stereocenters. The van der Waals surface area contributed by atoms with E-state index < -0.39 is 21.5 Å². The van der Waals surface area contributed by atoms with Crippen LogP contribution >= 0.6 is 0 Å². The zero-order chi connectivity index (χ0) is 24.5. The number of aromatic amines is 1. The molecule has 180 valence electrons. The summed E-state index contributed by atoms with van der Waals surface area (Å²) in [5.41, 5.74) is 3.52. The fourth-order valence-electron chi connectivity index (χ4n) is 4.23. The number of hydrogen-bond donors (Lipinski definition) is 2. The number of anilines is 1. The quantitative estimate of drug-likeness (QED) is 0.470.